The van der Waals surface area contributed by atoms with Gasteiger partial charge in [-0.25, -0.2) is 9.79 Å². The largest absolute Gasteiger partial charge is 0.457 e. The number of furan rings is 1. The van der Waals surface area contributed by atoms with Crippen molar-refractivity contribution in [1.29, 1.82) is 0 Å². The highest BCUT2D eigenvalue weighted by atomic mass is 79.9. The van der Waals surface area contributed by atoms with Crippen molar-refractivity contribution in [2.24, 2.45) is 4.99 Å². The van der Waals surface area contributed by atoms with E-state index in [1.807, 2.05) is 24.3 Å². The molecule has 0 spiro atoms. The predicted molar refractivity (Wildman–Crippen MR) is 109 cm³/mol. The summed E-state index contributed by atoms with van der Waals surface area (Å²) in [5.41, 5.74) is 1.57. The summed E-state index contributed by atoms with van der Waals surface area (Å²) in [6.07, 6.45) is 1.53. The number of rotatable bonds is 3. The van der Waals surface area contributed by atoms with Gasteiger partial charge in [0.1, 0.15) is 11.5 Å². The van der Waals surface area contributed by atoms with E-state index in [-0.39, 0.29) is 11.6 Å². The molecular weight excluding hydrogens is 453 g/mol. The first kappa shape index (κ1) is 18.0. The van der Waals surface area contributed by atoms with Crippen LogP contribution in [-0.4, -0.2) is 11.9 Å². The van der Waals surface area contributed by atoms with Gasteiger partial charge in [0.05, 0.1) is 5.02 Å². The topological polar surface area (TPSA) is 51.8 Å². The fraction of sp³-hybridized carbons (Fsp3) is 0. The molecule has 0 aliphatic carbocycles. The highest BCUT2D eigenvalue weighted by Crippen LogP contribution is 2.32. The summed E-state index contributed by atoms with van der Waals surface area (Å²) < 4.78 is 11.9. The first-order valence-corrected chi connectivity index (χ1v) is 9.38. The van der Waals surface area contributed by atoms with Crippen LogP contribution < -0.4 is 0 Å². The van der Waals surface area contributed by atoms with Crippen LogP contribution in [0.1, 0.15) is 11.3 Å². The zero-order chi connectivity index (χ0) is 19.0. The number of carbonyl (C=O) groups excluding carboxylic acids is 1. The van der Waals surface area contributed by atoms with Crippen LogP contribution in [0.25, 0.3) is 17.4 Å². The van der Waals surface area contributed by atoms with Crippen molar-refractivity contribution in [2.45, 2.75) is 0 Å². The van der Waals surface area contributed by atoms with Gasteiger partial charge in [0, 0.05) is 26.7 Å². The summed E-state index contributed by atoms with van der Waals surface area (Å²) in [6, 6.07) is 16.0. The molecule has 3 aromatic rings. The normalized spacial score (nSPS) is 15.1. The molecule has 134 valence electrons. The maximum absolute atomic E-state index is 12.1. The summed E-state index contributed by atoms with van der Waals surface area (Å²) in [5, 5.41) is 1.02. The minimum absolute atomic E-state index is 0.160. The van der Waals surface area contributed by atoms with Gasteiger partial charge in [-0.05, 0) is 48.5 Å². The number of esters is 1. The van der Waals surface area contributed by atoms with Gasteiger partial charge in [-0.2, -0.15) is 0 Å². The summed E-state index contributed by atoms with van der Waals surface area (Å²) in [4.78, 5) is 16.4. The fourth-order valence-electron chi connectivity index (χ4n) is 2.55. The Bertz CT molecular complexity index is 1120. The molecule has 0 atom stereocenters. The van der Waals surface area contributed by atoms with E-state index in [0.717, 1.165) is 4.47 Å². The molecule has 0 fully saturated rings. The Morgan fingerprint density at radius 1 is 1.04 bits per heavy atom. The average Bonchev–Trinajstić information content (AvgIpc) is 3.23. The standard InChI is InChI=1S/C20H10BrCl2NO3/c21-12-3-1-2-11(8-12)19-24-17(20(25)27-19)10-14-5-7-18(26-14)15-6-4-13(22)9-16(15)23/h1-10H/b17-10-. The number of benzene rings is 2. The van der Waals surface area contributed by atoms with Gasteiger partial charge in [0.15, 0.2) is 5.70 Å². The smallest absolute Gasteiger partial charge is 0.363 e. The minimum Gasteiger partial charge on any atom is -0.457 e. The van der Waals surface area contributed by atoms with Crippen molar-refractivity contribution in [2.75, 3.05) is 0 Å². The van der Waals surface area contributed by atoms with E-state index in [1.165, 1.54) is 6.08 Å². The SMILES string of the molecule is O=C1OC(c2cccc(Br)c2)=N/C1=C\c1ccc(-c2ccc(Cl)cc2Cl)o1. The molecule has 0 unspecified atom stereocenters. The molecule has 0 saturated heterocycles. The highest BCUT2D eigenvalue weighted by molar-refractivity contribution is 9.10. The quantitative estimate of drug-likeness (QED) is 0.336. The Morgan fingerprint density at radius 2 is 1.89 bits per heavy atom. The van der Waals surface area contributed by atoms with Gasteiger partial charge >= 0.3 is 5.97 Å². The lowest BCUT2D eigenvalue weighted by Gasteiger charge is -2.00. The number of nitrogens with zero attached hydrogens (tertiary/aromatic N) is 1. The van der Waals surface area contributed by atoms with Crippen LogP contribution in [0.3, 0.4) is 0 Å². The fourth-order valence-corrected chi connectivity index (χ4v) is 3.45. The molecule has 0 radical (unpaired) electrons. The second kappa shape index (κ2) is 7.35. The Balaban J connectivity index is 1.64. The number of aliphatic imine (C=N–C) groups is 1. The van der Waals surface area contributed by atoms with Crippen LogP contribution in [0, 0.1) is 0 Å². The van der Waals surface area contributed by atoms with Crippen molar-refractivity contribution in [3.8, 4) is 11.3 Å². The predicted octanol–water partition coefficient (Wildman–Crippen LogP) is 6.36. The zero-order valence-corrected chi connectivity index (χ0v) is 16.7. The first-order chi connectivity index (χ1) is 13.0. The molecule has 7 heteroatoms. The van der Waals surface area contributed by atoms with Gasteiger partial charge in [-0.15, -0.1) is 0 Å². The Labute approximate surface area is 173 Å². The highest BCUT2D eigenvalue weighted by Gasteiger charge is 2.24. The first-order valence-electron chi connectivity index (χ1n) is 7.83. The van der Waals surface area contributed by atoms with E-state index in [0.29, 0.717) is 32.7 Å². The van der Waals surface area contributed by atoms with Crippen molar-refractivity contribution in [3.63, 3.8) is 0 Å². The molecule has 1 aromatic heterocycles. The van der Waals surface area contributed by atoms with E-state index in [9.17, 15) is 4.79 Å². The van der Waals surface area contributed by atoms with E-state index in [2.05, 4.69) is 20.9 Å². The third-order valence-electron chi connectivity index (χ3n) is 3.79. The Kier molecular flexibility index (Phi) is 4.91. The molecule has 4 rings (SSSR count). The number of cyclic esters (lactones) is 1. The molecule has 27 heavy (non-hydrogen) atoms. The average molecular weight is 463 g/mol. The van der Waals surface area contributed by atoms with Crippen molar-refractivity contribution in [1.82, 2.24) is 0 Å². The van der Waals surface area contributed by atoms with E-state index in [1.54, 1.807) is 30.3 Å². The molecule has 0 bridgehead atoms. The summed E-state index contributed by atoms with van der Waals surface area (Å²) in [5.74, 6) is 0.737. The molecule has 2 aromatic carbocycles. The molecule has 0 amide bonds. The molecule has 1 aliphatic heterocycles. The molecular formula is C20H10BrCl2NO3. The molecule has 1 aliphatic rings. The molecule has 0 saturated carbocycles. The van der Waals surface area contributed by atoms with Crippen LogP contribution in [0.5, 0.6) is 0 Å². The Hall–Kier alpha value is -2.34. The van der Waals surface area contributed by atoms with Crippen LogP contribution in [0.15, 0.2) is 74.2 Å². The second-order valence-corrected chi connectivity index (χ2v) is 7.43. The lowest BCUT2D eigenvalue weighted by molar-refractivity contribution is -0.129. The zero-order valence-electron chi connectivity index (χ0n) is 13.6. The third kappa shape index (κ3) is 3.86. The molecule has 4 nitrogen and oxygen atoms in total. The maximum Gasteiger partial charge on any atom is 0.363 e. The van der Waals surface area contributed by atoms with Gasteiger partial charge in [-0.3, -0.25) is 0 Å². The van der Waals surface area contributed by atoms with E-state index >= 15 is 0 Å². The van der Waals surface area contributed by atoms with Gasteiger partial charge in [0.2, 0.25) is 5.90 Å². The van der Waals surface area contributed by atoms with E-state index in [4.69, 9.17) is 32.4 Å². The maximum atomic E-state index is 12.1. The molecule has 0 N–H and O–H groups in total. The number of ether oxygens (including phenoxy) is 1. The summed E-state index contributed by atoms with van der Waals surface area (Å²) in [6.45, 7) is 0. The van der Waals surface area contributed by atoms with Crippen molar-refractivity contribution >= 4 is 57.1 Å². The van der Waals surface area contributed by atoms with Crippen LogP contribution in [-0.2, 0) is 9.53 Å². The van der Waals surface area contributed by atoms with Gasteiger partial charge < -0.3 is 9.15 Å². The van der Waals surface area contributed by atoms with Crippen molar-refractivity contribution in [3.05, 3.63) is 86.1 Å². The number of hydrogen-bond acceptors (Lipinski definition) is 4. The number of hydrogen-bond donors (Lipinski definition) is 0. The Morgan fingerprint density at radius 3 is 2.67 bits per heavy atom. The van der Waals surface area contributed by atoms with Crippen LogP contribution in [0.2, 0.25) is 10.0 Å². The van der Waals surface area contributed by atoms with Gasteiger partial charge in [0.25, 0.3) is 0 Å². The lowest BCUT2D eigenvalue weighted by Crippen LogP contribution is -2.05. The molecule has 2 heterocycles. The third-order valence-corrected chi connectivity index (χ3v) is 4.84. The van der Waals surface area contributed by atoms with Crippen LogP contribution >= 0.6 is 39.1 Å². The monoisotopic (exact) mass is 461 g/mol. The minimum atomic E-state index is -0.535. The van der Waals surface area contributed by atoms with E-state index < -0.39 is 5.97 Å². The number of halogens is 3. The van der Waals surface area contributed by atoms with Crippen LogP contribution in [0.4, 0.5) is 0 Å². The van der Waals surface area contributed by atoms with Gasteiger partial charge in [-0.1, -0.05) is 45.2 Å². The second-order valence-electron chi connectivity index (χ2n) is 5.67. The lowest BCUT2D eigenvalue weighted by atomic mass is 10.2. The summed E-state index contributed by atoms with van der Waals surface area (Å²) >= 11 is 15.5. The number of carbonyl (C=O) groups is 1. The van der Waals surface area contributed by atoms with Crippen molar-refractivity contribution < 1.29 is 13.9 Å². The summed E-state index contributed by atoms with van der Waals surface area (Å²) in [7, 11) is 0.